The van der Waals surface area contributed by atoms with Gasteiger partial charge in [0.2, 0.25) is 11.9 Å². The minimum Gasteiger partial charge on any atom is -0.368 e. The smallest absolute Gasteiger partial charge is 0.232 e. The quantitative estimate of drug-likeness (QED) is 0.596. The van der Waals surface area contributed by atoms with Crippen LogP contribution in [0.2, 0.25) is 0 Å². The van der Waals surface area contributed by atoms with Crippen LogP contribution in [0.3, 0.4) is 0 Å². The molecule has 0 spiro atoms. The number of aromatic nitrogens is 5. The van der Waals surface area contributed by atoms with E-state index in [9.17, 15) is 0 Å². The fraction of sp³-hybridized carbons (Fsp3) is 0.368. The van der Waals surface area contributed by atoms with Gasteiger partial charge < -0.3 is 15.6 Å². The molecule has 0 radical (unpaired) electrons. The van der Waals surface area contributed by atoms with Crippen LogP contribution in [-0.4, -0.2) is 24.5 Å². The van der Waals surface area contributed by atoms with E-state index < -0.39 is 0 Å². The molecule has 3 aromatic rings. The molecular formula is C19H25N7S. The van der Waals surface area contributed by atoms with Gasteiger partial charge >= 0.3 is 0 Å². The van der Waals surface area contributed by atoms with Crippen molar-refractivity contribution in [2.24, 2.45) is 5.92 Å². The van der Waals surface area contributed by atoms with Gasteiger partial charge in [0, 0.05) is 17.9 Å². The summed E-state index contributed by atoms with van der Waals surface area (Å²) in [6.07, 6.45) is 0. The second kappa shape index (κ2) is 8.39. The molecule has 0 atom stereocenters. The summed E-state index contributed by atoms with van der Waals surface area (Å²) in [4.78, 5) is 17.6. The van der Waals surface area contributed by atoms with E-state index in [1.54, 1.807) is 11.8 Å². The van der Waals surface area contributed by atoms with E-state index in [4.69, 9.17) is 10.7 Å². The van der Waals surface area contributed by atoms with Gasteiger partial charge in [-0.05, 0) is 31.9 Å². The Kier molecular flexibility index (Phi) is 5.95. The van der Waals surface area contributed by atoms with E-state index in [0.717, 1.165) is 23.1 Å². The summed E-state index contributed by atoms with van der Waals surface area (Å²) in [6.45, 7) is 9.50. The monoisotopic (exact) mass is 383 g/mol. The topological polar surface area (TPSA) is 94.5 Å². The molecule has 27 heavy (non-hydrogen) atoms. The zero-order chi connectivity index (χ0) is 19.4. The first kappa shape index (κ1) is 19.2. The molecule has 0 amide bonds. The highest BCUT2D eigenvalue weighted by Gasteiger charge is 2.14. The number of thioether (sulfide) groups is 1. The lowest BCUT2D eigenvalue weighted by molar-refractivity contribution is 0.486. The number of benzene rings is 1. The molecule has 0 aliphatic rings. The number of nitrogen functional groups attached to an aromatic ring is 1. The largest absolute Gasteiger partial charge is 0.368 e. The number of para-hydroxylation sites is 1. The van der Waals surface area contributed by atoms with E-state index in [0.29, 0.717) is 23.4 Å². The number of nitrogens with one attached hydrogen (secondary N) is 1. The molecule has 8 heteroatoms. The van der Waals surface area contributed by atoms with E-state index in [2.05, 4.69) is 45.6 Å². The predicted molar refractivity (Wildman–Crippen MR) is 110 cm³/mol. The van der Waals surface area contributed by atoms with Crippen LogP contribution in [0.25, 0.3) is 0 Å². The van der Waals surface area contributed by atoms with Gasteiger partial charge in [0.05, 0.1) is 11.4 Å². The van der Waals surface area contributed by atoms with Gasteiger partial charge in [0.15, 0.2) is 5.16 Å². The molecule has 1 aromatic carbocycles. The SMILES string of the molecule is Cc1nc(SCc2nc(N)nc(Nc3ccccc3)n2)n(CC(C)C)c1C. The van der Waals surface area contributed by atoms with Crippen molar-refractivity contribution in [2.45, 2.75) is 45.1 Å². The highest BCUT2D eigenvalue weighted by Crippen LogP contribution is 2.25. The summed E-state index contributed by atoms with van der Waals surface area (Å²) in [5.74, 6) is 2.40. The van der Waals surface area contributed by atoms with Crippen molar-refractivity contribution in [1.29, 1.82) is 0 Å². The second-order valence-electron chi connectivity index (χ2n) is 6.78. The third kappa shape index (κ3) is 4.97. The van der Waals surface area contributed by atoms with Crippen LogP contribution in [0.5, 0.6) is 0 Å². The van der Waals surface area contributed by atoms with Crippen molar-refractivity contribution in [3.05, 3.63) is 47.5 Å². The molecule has 0 fully saturated rings. The first-order valence-corrected chi connectivity index (χ1v) is 9.90. The third-order valence-corrected chi connectivity index (χ3v) is 5.00. The van der Waals surface area contributed by atoms with Crippen molar-refractivity contribution in [3.63, 3.8) is 0 Å². The Bertz CT molecular complexity index is 906. The molecular weight excluding hydrogens is 358 g/mol. The molecule has 2 aromatic heterocycles. The van der Waals surface area contributed by atoms with Crippen LogP contribution in [0, 0.1) is 19.8 Å². The van der Waals surface area contributed by atoms with Crippen molar-refractivity contribution in [3.8, 4) is 0 Å². The molecule has 0 aliphatic carbocycles. The van der Waals surface area contributed by atoms with Crippen LogP contribution >= 0.6 is 11.8 Å². The number of hydrogen-bond acceptors (Lipinski definition) is 7. The maximum Gasteiger partial charge on any atom is 0.232 e. The van der Waals surface area contributed by atoms with E-state index in [1.807, 2.05) is 37.3 Å². The van der Waals surface area contributed by atoms with Gasteiger partial charge in [-0.2, -0.15) is 15.0 Å². The summed E-state index contributed by atoms with van der Waals surface area (Å²) in [6, 6.07) is 9.75. The van der Waals surface area contributed by atoms with Gasteiger partial charge in [-0.15, -0.1) is 0 Å². The van der Waals surface area contributed by atoms with E-state index >= 15 is 0 Å². The zero-order valence-corrected chi connectivity index (χ0v) is 16.9. The number of hydrogen-bond donors (Lipinski definition) is 2. The standard InChI is InChI=1S/C19H25N7S/c1-12(2)10-26-14(4)13(3)21-19(26)27-11-16-23-17(20)25-18(24-16)22-15-8-6-5-7-9-15/h5-9,12H,10-11H2,1-4H3,(H3,20,22,23,24,25). The average Bonchev–Trinajstić information content (AvgIpc) is 2.88. The van der Waals surface area contributed by atoms with Crippen molar-refractivity contribution in [2.75, 3.05) is 11.1 Å². The molecule has 3 N–H and O–H groups in total. The summed E-state index contributed by atoms with van der Waals surface area (Å²) in [7, 11) is 0. The van der Waals surface area contributed by atoms with Crippen LogP contribution in [0.1, 0.15) is 31.1 Å². The average molecular weight is 384 g/mol. The van der Waals surface area contributed by atoms with Crippen LogP contribution in [-0.2, 0) is 12.3 Å². The summed E-state index contributed by atoms with van der Waals surface area (Å²) in [5, 5.41) is 4.14. The highest BCUT2D eigenvalue weighted by atomic mass is 32.2. The molecule has 0 saturated heterocycles. The molecule has 2 heterocycles. The van der Waals surface area contributed by atoms with E-state index in [-0.39, 0.29) is 5.95 Å². The van der Waals surface area contributed by atoms with Crippen LogP contribution in [0.4, 0.5) is 17.6 Å². The second-order valence-corrected chi connectivity index (χ2v) is 7.73. The highest BCUT2D eigenvalue weighted by molar-refractivity contribution is 7.98. The minimum absolute atomic E-state index is 0.205. The molecule has 3 rings (SSSR count). The van der Waals surface area contributed by atoms with Crippen molar-refractivity contribution < 1.29 is 0 Å². The summed E-state index contributed by atoms with van der Waals surface area (Å²) in [5.41, 5.74) is 9.03. The molecule has 0 bridgehead atoms. The van der Waals surface area contributed by atoms with Crippen LogP contribution < -0.4 is 11.1 Å². The number of nitrogens with zero attached hydrogens (tertiary/aromatic N) is 5. The lowest BCUT2D eigenvalue weighted by atomic mass is 10.2. The Hall–Kier alpha value is -2.61. The fourth-order valence-corrected chi connectivity index (χ4v) is 3.61. The van der Waals surface area contributed by atoms with Crippen LogP contribution in [0.15, 0.2) is 35.5 Å². The zero-order valence-electron chi connectivity index (χ0n) is 16.1. The van der Waals surface area contributed by atoms with Gasteiger partial charge in [-0.3, -0.25) is 0 Å². The number of rotatable bonds is 7. The van der Waals surface area contributed by atoms with Gasteiger partial charge in [-0.1, -0.05) is 43.8 Å². The third-order valence-electron chi connectivity index (χ3n) is 4.03. The van der Waals surface area contributed by atoms with Gasteiger partial charge in [-0.25, -0.2) is 4.98 Å². The van der Waals surface area contributed by atoms with Crippen molar-refractivity contribution in [1.82, 2.24) is 24.5 Å². The number of aryl methyl sites for hydroxylation is 1. The fourth-order valence-electron chi connectivity index (χ4n) is 2.65. The molecule has 7 nitrogen and oxygen atoms in total. The predicted octanol–water partition coefficient (Wildman–Crippen LogP) is 3.96. The first-order valence-electron chi connectivity index (χ1n) is 8.91. The number of anilines is 3. The molecule has 0 unspecified atom stereocenters. The Morgan fingerprint density at radius 2 is 1.81 bits per heavy atom. The summed E-state index contributed by atoms with van der Waals surface area (Å²) >= 11 is 1.62. The maximum absolute atomic E-state index is 5.87. The molecule has 0 saturated carbocycles. The Morgan fingerprint density at radius 1 is 1.07 bits per heavy atom. The normalized spacial score (nSPS) is 11.1. The lowest BCUT2D eigenvalue weighted by Crippen LogP contribution is -2.09. The minimum atomic E-state index is 0.205. The Balaban J connectivity index is 1.76. The Morgan fingerprint density at radius 3 is 2.52 bits per heavy atom. The van der Waals surface area contributed by atoms with Crippen molar-refractivity contribution >= 4 is 29.3 Å². The summed E-state index contributed by atoms with van der Waals surface area (Å²) < 4.78 is 2.26. The Labute approximate surface area is 163 Å². The van der Waals surface area contributed by atoms with Gasteiger partial charge in [0.1, 0.15) is 5.82 Å². The maximum atomic E-state index is 5.87. The van der Waals surface area contributed by atoms with Gasteiger partial charge in [0.25, 0.3) is 0 Å². The first-order chi connectivity index (χ1) is 12.9. The lowest BCUT2D eigenvalue weighted by Gasteiger charge is -2.12. The number of nitrogens with two attached hydrogens (primary N) is 1. The van der Waals surface area contributed by atoms with E-state index in [1.165, 1.54) is 5.69 Å². The number of imidazole rings is 1. The molecule has 142 valence electrons. The molecule has 0 aliphatic heterocycles.